The second-order valence-electron chi connectivity index (χ2n) is 3.27. The monoisotopic (exact) mass is 184 g/mol. The lowest BCUT2D eigenvalue weighted by atomic mass is 9.90. The molecule has 0 atom stereocenters. The minimum absolute atomic E-state index is 0.0550. The van der Waals surface area contributed by atoms with Gasteiger partial charge in [0.25, 0.3) is 0 Å². The van der Waals surface area contributed by atoms with Gasteiger partial charge in [-0.3, -0.25) is 0 Å². The molecule has 1 heterocycles. The second kappa shape index (κ2) is 3.39. The summed E-state index contributed by atoms with van der Waals surface area (Å²) in [4.78, 5) is 4.00. The maximum absolute atomic E-state index is 8.97. The molecule has 0 saturated heterocycles. The van der Waals surface area contributed by atoms with Gasteiger partial charge in [-0.1, -0.05) is 19.3 Å². The van der Waals surface area contributed by atoms with Gasteiger partial charge in [0.1, 0.15) is 5.01 Å². The molecule has 0 unspecified atom stereocenters. The van der Waals surface area contributed by atoms with Crippen LogP contribution in [-0.4, -0.2) is 14.5 Å². The highest BCUT2D eigenvalue weighted by Gasteiger charge is 2.19. The number of aromatic nitrogens is 2. The Bertz CT molecular complexity index is 255. The molecule has 0 aromatic carbocycles. The third kappa shape index (κ3) is 1.58. The average molecular weight is 184 g/mol. The zero-order chi connectivity index (χ0) is 8.39. The van der Waals surface area contributed by atoms with Gasteiger partial charge in [0.05, 0.1) is 0 Å². The first-order valence-electron chi connectivity index (χ1n) is 4.39. The van der Waals surface area contributed by atoms with E-state index >= 15 is 0 Å². The Kier molecular flexibility index (Phi) is 2.26. The summed E-state index contributed by atoms with van der Waals surface area (Å²) in [6.45, 7) is 0. The quantitative estimate of drug-likeness (QED) is 0.728. The molecule has 1 N–H and O–H groups in total. The lowest BCUT2D eigenvalue weighted by Crippen LogP contribution is -2.03. The summed E-state index contributed by atoms with van der Waals surface area (Å²) in [5, 5.41) is 9.99. The van der Waals surface area contributed by atoms with E-state index in [1.807, 2.05) is 0 Å². The lowest BCUT2D eigenvalue weighted by Gasteiger charge is -2.18. The van der Waals surface area contributed by atoms with Gasteiger partial charge in [-0.05, 0) is 24.4 Å². The molecule has 2 rings (SSSR count). The van der Waals surface area contributed by atoms with Crippen molar-refractivity contribution in [2.24, 2.45) is 0 Å². The molecule has 3 nitrogen and oxygen atoms in total. The van der Waals surface area contributed by atoms with Crippen LogP contribution < -0.4 is 0 Å². The van der Waals surface area contributed by atoms with Crippen LogP contribution in [0.2, 0.25) is 0 Å². The van der Waals surface area contributed by atoms with Gasteiger partial charge in [-0.15, -0.1) is 4.37 Å². The molecule has 0 bridgehead atoms. The standard InChI is InChI=1S/C8H12N2OS/c11-8-9-7(12-10-8)6-4-2-1-3-5-6/h6H,1-5H2,(H,10,11). The summed E-state index contributed by atoms with van der Waals surface area (Å²) in [6, 6.07) is -0.0550. The molecule has 0 amide bonds. The maximum atomic E-state index is 8.97. The molecule has 1 aromatic heterocycles. The summed E-state index contributed by atoms with van der Waals surface area (Å²) in [5.74, 6) is 0.567. The first-order chi connectivity index (χ1) is 5.86. The van der Waals surface area contributed by atoms with Crippen molar-refractivity contribution < 1.29 is 5.11 Å². The van der Waals surface area contributed by atoms with Crippen molar-refractivity contribution in [3.8, 4) is 6.01 Å². The Morgan fingerprint density at radius 1 is 1.25 bits per heavy atom. The fourth-order valence-corrected chi connectivity index (χ4v) is 2.47. The van der Waals surface area contributed by atoms with Crippen molar-refractivity contribution >= 4 is 11.5 Å². The summed E-state index contributed by atoms with van der Waals surface area (Å²) >= 11 is 1.34. The van der Waals surface area contributed by atoms with Crippen molar-refractivity contribution in [3.63, 3.8) is 0 Å². The molecular formula is C8H12N2OS. The van der Waals surface area contributed by atoms with Gasteiger partial charge >= 0.3 is 6.01 Å². The van der Waals surface area contributed by atoms with Crippen LogP contribution in [0.25, 0.3) is 0 Å². The Balaban J connectivity index is 2.08. The van der Waals surface area contributed by atoms with E-state index in [2.05, 4.69) is 9.36 Å². The molecule has 66 valence electrons. The molecule has 1 aliphatic carbocycles. The number of nitrogens with zero attached hydrogens (tertiary/aromatic N) is 2. The number of rotatable bonds is 1. The predicted octanol–water partition coefficient (Wildman–Crippen LogP) is 2.29. The van der Waals surface area contributed by atoms with Gasteiger partial charge in [0.2, 0.25) is 0 Å². The highest BCUT2D eigenvalue weighted by atomic mass is 32.1. The number of hydrogen-bond acceptors (Lipinski definition) is 4. The molecule has 0 spiro atoms. The topological polar surface area (TPSA) is 46.0 Å². The zero-order valence-corrected chi connectivity index (χ0v) is 7.68. The van der Waals surface area contributed by atoms with Gasteiger partial charge in [-0.25, -0.2) is 0 Å². The number of hydrogen-bond donors (Lipinski definition) is 1. The molecular weight excluding hydrogens is 172 g/mol. The normalized spacial score (nSPS) is 19.7. The first kappa shape index (κ1) is 7.98. The minimum Gasteiger partial charge on any atom is -0.478 e. The maximum Gasteiger partial charge on any atom is 0.325 e. The van der Waals surface area contributed by atoms with Crippen LogP contribution in [-0.2, 0) is 0 Å². The SMILES string of the molecule is Oc1nsc(C2CCCCC2)n1. The minimum atomic E-state index is -0.0550. The van der Waals surface area contributed by atoms with E-state index in [9.17, 15) is 0 Å². The predicted molar refractivity (Wildman–Crippen MR) is 47.4 cm³/mol. The summed E-state index contributed by atoms with van der Waals surface area (Å²) in [6.07, 6.45) is 6.38. The van der Waals surface area contributed by atoms with Crippen LogP contribution in [0.4, 0.5) is 0 Å². The van der Waals surface area contributed by atoms with Crippen LogP contribution in [0.3, 0.4) is 0 Å². The highest BCUT2D eigenvalue weighted by molar-refractivity contribution is 7.05. The third-order valence-electron chi connectivity index (χ3n) is 2.39. The molecule has 1 saturated carbocycles. The summed E-state index contributed by atoms with van der Waals surface area (Å²) in [5.41, 5.74) is 0. The van der Waals surface area contributed by atoms with Crippen molar-refractivity contribution in [3.05, 3.63) is 5.01 Å². The van der Waals surface area contributed by atoms with E-state index in [1.165, 1.54) is 43.6 Å². The Morgan fingerprint density at radius 3 is 2.58 bits per heavy atom. The summed E-state index contributed by atoms with van der Waals surface area (Å²) < 4.78 is 3.78. The smallest absolute Gasteiger partial charge is 0.325 e. The van der Waals surface area contributed by atoms with Crippen molar-refractivity contribution in [2.75, 3.05) is 0 Å². The molecule has 0 aliphatic heterocycles. The van der Waals surface area contributed by atoms with Crippen LogP contribution in [0.15, 0.2) is 0 Å². The van der Waals surface area contributed by atoms with E-state index in [0.29, 0.717) is 5.92 Å². The molecule has 1 aliphatic rings. The Hall–Kier alpha value is -0.640. The lowest BCUT2D eigenvalue weighted by molar-refractivity contribution is 0.420. The Labute approximate surface area is 75.6 Å². The zero-order valence-electron chi connectivity index (χ0n) is 6.86. The van der Waals surface area contributed by atoms with E-state index in [1.54, 1.807) is 0 Å². The first-order valence-corrected chi connectivity index (χ1v) is 5.16. The largest absolute Gasteiger partial charge is 0.478 e. The third-order valence-corrected chi connectivity index (χ3v) is 3.25. The van der Waals surface area contributed by atoms with Crippen LogP contribution in [0, 0.1) is 0 Å². The average Bonchev–Trinajstić information content (AvgIpc) is 2.54. The summed E-state index contributed by atoms with van der Waals surface area (Å²) in [7, 11) is 0. The fraction of sp³-hybridized carbons (Fsp3) is 0.750. The fourth-order valence-electron chi connectivity index (χ4n) is 1.74. The Morgan fingerprint density at radius 2 is 2.00 bits per heavy atom. The van der Waals surface area contributed by atoms with Crippen molar-refractivity contribution in [2.45, 2.75) is 38.0 Å². The van der Waals surface area contributed by atoms with E-state index in [0.717, 1.165) is 5.01 Å². The van der Waals surface area contributed by atoms with E-state index in [-0.39, 0.29) is 6.01 Å². The molecule has 1 fully saturated rings. The van der Waals surface area contributed by atoms with Gasteiger partial charge in [0, 0.05) is 5.92 Å². The van der Waals surface area contributed by atoms with Crippen LogP contribution in [0.1, 0.15) is 43.0 Å². The molecule has 12 heavy (non-hydrogen) atoms. The van der Waals surface area contributed by atoms with Gasteiger partial charge in [0.15, 0.2) is 0 Å². The molecule has 1 aromatic rings. The van der Waals surface area contributed by atoms with Crippen LogP contribution >= 0.6 is 11.5 Å². The van der Waals surface area contributed by atoms with Crippen molar-refractivity contribution in [1.82, 2.24) is 9.36 Å². The van der Waals surface area contributed by atoms with Gasteiger partial charge < -0.3 is 5.11 Å². The highest BCUT2D eigenvalue weighted by Crippen LogP contribution is 2.33. The van der Waals surface area contributed by atoms with Crippen molar-refractivity contribution in [1.29, 1.82) is 0 Å². The molecule has 0 radical (unpaired) electrons. The molecule has 4 heteroatoms. The van der Waals surface area contributed by atoms with E-state index < -0.39 is 0 Å². The second-order valence-corrected chi connectivity index (χ2v) is 4.05. The van der Waals surface area contributed by atoms with Gasteiger partial charge in [-0.2, -0.15) is 4.98 Å². The van der Waals surface area contributed by atoms with Crippen LogP contribution in [0.5, 0.6) is 6.01 Å². The van der Waals surface area contributed by atoms with E-state index in [4.69, 9.17) is 5.11 Å². The number of aromatic hydroxyl groups is 1.